The monoisotopic (exact) mass is 217 g/mol. The predicted molar refractivity (Wildman–Crippen MR) is 63.4 cm³/mol. The lowest BCUT2D eigenvalue weighted by Gasteiger charge is -2.17. The van der Waals surface area contributed by atoms with Gasteiger partial charge in [0.2, 0.25) is 0 Å². The van der Waals surface area contributed by atoms with Gasteiger partial charge in [-0.25, -0.2) is 4.68 Å². The highest BCUT2D eigenvalue weighted by molar-refractivity contribution is 5.48. The number of nitrogens with zero attached hydrogens (tertiary/aromatic N) is 2. The lowest BCUT2D eigenvalue weighted by molar-refractivity contribution is 0.569. The number of aryl methyl sites for hydroxylation is 2. The molecule has 4 heteroatoms. The van der Waals surface area contributed by atoms with Crippen LogP contribution in [0.2, 0.25) is 0 Å². The van der Waals surface area contributed by atoms with E-state index in [1.807, 2.05) is 0 Å². The summed E-state index contributed by atoms with van der Waals surface area (Å²) in [6.45, 7) is 3.30. The molecule has 1 N–H and O–H groups in total. The Bertz CT molecular complexity index is 493. The van der Waals surface area contributed by atoms with Crippen LogP contribution in [0.5, 0.6) is 0 Å². The third kappa shape index (κ3) is 2.25. The van der Waals surface area contributed by atoms with Crippen molar-refractivity contribution < 1.29 is 0 Å². The largest absolute Gasteiger partial charge is 0.383 e. The molecule has 4 nitrogen and oxygen atoms in total. The molecule has 0 bridgehead atoms. The van der Waals surface area contributed by atoms with Crippen molar-refractivity contribution in [1.82, 2.24) is 9.78 Å². The number of rotatable bonds is 2. The minimum atomic E-state index is -0.0500. The molecule has 0 saturated carbocycles. The zero-order chi connectivity index (χ0) is 11.4. The van der Waals surface area contributed by atoms with Crippen LogP contribution >= 0.6 is 0 Å². The van der Waals surface area contributed by atoms with Crippen LogP contribution in [0.15, 0.2) is 10.9 Å². The summed E-state index contributed by atoms with van der Waals surface area (Å²) in [4.78, 5) is 11.7. The summed E-state index contributed by atoms with van der Waals surface area (Å²) < 4.78 is 1.51. The van der Waals surface area contributed by atoms with Crippen LogP contribution in [0.25, 0.3) is 0 Å². The second-order valence-corrected chi connectivity index (χ2v) is 3.77. The average Bonchev–Trinajstić information content (AvgIpc) is 2.30. The minimum Gasteiger partial charge on any atom is -0.383 e. The van der Waals surface area contributed by atoms with Crippen LogP contribution < -0.4 is 10.9 Å². The third-order valence-electron chi connectivity index (χ3n) is 2.61. The third-order valence-corrected chi connectivity index (χ3v) is 2.61. The zero-order valence-electron chi connectivity index (χ0n) is 9.42. The van der Waals surface area contributed by atoms with E-state index < -0.39 is 0 Å². The van der Waals surface area contributed by atoms with E-state index in [0.717, 1.165) is 30.8 Å². The molecular formula is C12H15N3O. The highest BCUT2D eigenvalue weighted by atomic mass is 16.1. The molecule has 0 fully saturated rings. The molecule has 2 rings (SSSR count). The van der Waals surface area contributed by atoms with Gasteiger partial charge in [-0.05, 0) is 19.8 Å². The maximum absolute atomic E-state index is 11.7. The van der Waals surface area contributed by atoms with Gasteiger partial charge in [0.25, 0.3) is 5.56 Å². The van der Waals surface area contributed by atoms with E-state index in [-0.39, 0.29) is 5.56 Å². The zero-order valence-corrected chi connectivity index (χ0v) is 9.42. The first kappa shape index (κ1) is 10.7. The topological polar surface area (TPSA) is 46.9 Å². The molecular weight excluding hydrogens is 202 g/mol. The van der Waals surface area contributed by atoms with Gasteiger partial charge in [-0.2, -0.15) is 5.10 Å². The molecule has 0 spiro atoms. The second kappa shape index (κ2) is 4.84. The molecule has 1 aromatic rings. The van der Waals surface area contributed by atoms with Gasteiger partial charge in [0.15, 0.2) is 0 Å². The molecule has 2 heterocycles. The summed E-state index contributed by atoms with van der Waals surface area (Å²) in [5.74, 6) is 5.75. The molecule has 1 aliphatic rings. The normalized spacial score (nSPS) is 13.3. The van der Waals surface area contributed by atoms with E-state index in [0.29, 0.717) is 13.0 Å². The second-order valence-electron chi connectivity index (χ2n) is 3.77. The Morgan fingerprint density at radius 2 is 2.50 bits per heavy atom. The van der Waals surface area contributed by atoms with Gasteiger partial charge >= 0.3 is 0 Å². The highest BCUT2D eigenvalue weighted by Gasteiger charge is 2.12. The van der Waals surface area contributed by atoms with Crippen LogP contribution in [-0.4, -0.2) is 16.3 Å². The molecule has 0 radical (unpaired) electrons. The van der Waals surface area contributed by atoms with Crippen molar-refractivity contribution >= 4 is 5.69 Å². The summed E-state index contributed by atoms with van der Waals surface area (Å²) in [5, 5.41) is 7.55. The Hall–Kier alpha value is -1.76. The lowest BCUT2D eigenvalue weighted by Crippen LogP contribution is -2.27. The molecule has 0 atom stereocenters. The van der Waals surface area contributed by atoms with Crippen molar-refractivity contribution in [3.05, 3.63) is 22.1 Å². The van der Waals surface area contributed by atoms with Gasteiger partial charge in [0.05, 0.1) is 17.9 Å². The molecule has 0 aliphatic carbocycles. The van der Waals surface area contributed by atoms with E-state index in [9.17, 15) is 4.79 Å². The summed E-state index contributed by atoms with van der Waals surface area (Å²) in [5.41, 5.74) is 1.84. The van der Waals surface area contributed by atoms with Crippen molar-refractivity contribution in [2.45, 2.75) is 32.7 Å². The van der Waals surface area contributed by atoms with Crippen molar-refractivity contribution in [3.8, 4) is 11.8 Å². The smallest absolute Gasteiger partial charge is 0.268 e. The van der Waals surface area contributed by atoms with Crippen LogP contribution in [-0.2, 0) is 13.0 Å². The molecule has 0 amide bonds. The lowest BCUT2D eigenvalue weighted by atomic mass is 10.1. The van der Waals surface area contributed by atoms with Gasteiger partial charge < -0.3 is 5.32 Å². The first-order valence-corrected chi connectivity index (χ1v) is 5.56. The maximum Gasteiger partial charge on any atom is 0.268 e. The fourth-order valence-corrected chi connectivity index (χ4v) is 1.79. The highest BCUT2D eigenvalue weighted by Crippen LogP contribution is 2.16. The van der Waals surface area contributed by atoms with Gasteiger partial charge in [-0.3, -0.25) is 4.79 Å². The molecule has 1 aromatic heterocycles. The summed E-state index contributed by atoms with van der Waals surface area (Å²) in [6.07, 6.45) is 2.70. The fourth-order valence-electron chi connectivity index (χ4n) is 1.79. The number of hydrogen-bond donors (Lipinski definition) is 1. The first-order chi connectivity index (χ1) is 7.81. The Kier molecular flexibility index (Phi) is 3.25. The van der Waals surface area contributed by atoms with E-state index in [1.54, 1.807) is 13.0 Å². The number of aromatic nitrogens is 2. The minimum absolute atomic E-state index is 0.0500. The predicted octanol–water partition coefficient (Wildman–Crippen LogP) is 1.01. The molecule has 0 saturated heterocycles. The molecule has 0 unspecified atom stereocenters. The molecule has 0 aromatic carbocycles. The van der Waals surface area contributed by atoms with Crippen molar-refractivity contribution in [2.75, 3.05) is 11.9 Å². The van der Waals surface area contributed by atoms with E-state index >= 15 is 0 Å². The fraction of sp³-hybridized carbons (Fsp3) is 0.500. The van der Waals surface area contributed by atoms with Crippen LogP contribution in [0.1, 0.15) is 25.5 Å². The summed E-state index contributed by atoms with van der Waals surface area (Å²) >= 11 is 0. The van der Waals surface area contributed by atoms with Crippen LogP contribution in [0.3, 0.4) is 0 Å². The number of hydrogen-bond acceptors (Lipinski definition) is 3. The Labute approximate surface area is 94.7 Å². The SMILES string of the molecule is CC#CCCn1nc2c(cc1=O)NCCC2. The van der Waals surface area contributed by atoms with Gasteiger partial charge in [-0.15, -0.1) is 11.8 Å². The summed E-state index contributed by atoms with van der Waals surface area (Å²) in [6, 6.07) is 1.64. The van der Waals surface area contributed by atoms with Crippen molar-refractivity contribution in [3.63, 3.8) is 0 Å². The quantitative estimate of drug-likeness (QED) is 0.752. The van der Waals surface area contributed by atoms with E-state index in [1.165, 1.54) is 4.68 Å². The van der Waals surface area contributed by atoms with Gasteiger partial charge in [0.1, 0.15) is 0 Å². The number of fused-ring (bicyclic) bond motifs is 1. The maximum atomic E-state index is 11.7. The molecule has 1 aliphatic heterocycles. The number of anilines is 1. The van der Waals surface area contributed by atoms with Crippen LogP contribution in [0, 0.1) is 11.8 Å². The summed E-state index contributed by atoms with van der Waals surface area (Å²) in [7, 11) is 0. The Morgan fingerprint density at radius 1 is 1.62 bits per heavy atom. The van der Waals surface area contributed by atoms with Crippen LogP contribution in [0.4, 0.5) is 5.69 Å². The standard InChI is InChI=1S/C12H15N3O/c1-2-3-4-8-15-12(16)9-11-10(14-15)6-5-7-13-11/h9,13H,4-8H2,1H3. The molecule has 16 heavy (non-hydrogen) atoms. The van der Waals surface area contributed by atoms with Crippen molar-refractivity contribution in [1.29, 1.82) is 0 Å². The molecule has 84 valence electrons. The van der Waals surface area contributed by atoms with E-state index in [4.69, 9.17) is 0 Å². The van der Waals surface area contributed by atoms with E-state index in [2.05, 4.69) is 22.3 Å². The Balaban J connectivity index is 2.24. The average molecular weight is 217 g/mol. The van der Waals surface area contributed by atoms with Gasteiger partial charge in [-0.1, -0.05) is 0 Å². The first-order valence-electron chi connectivity index (χ1n) is 5.56. The number of nitrogens with one attached hydrogen (secondary N) is 1. The van der Waals surface area contributed by atoms with Crippen molar-refractivity contribution in [2.24, 2.45) is 0 Å². The Morgan fingerprint density at radius 3 is 3.31 bits per heavy atom. The van der Waals surface area contributed by atoms with Gasteiger partial charge in [0, 0.05) is 19.0 Å².